The second-order valence-electron chi connectivity index (χ2n) is 3.30. The number of primary amides is 1. The maximum absolute atomic E-state index is 10.5. The highest BCUT2D eigenvalue weighted by molar-refractivity contribution is 7.14. The second-order valence-corrected chi connectivity index (χ2v) is 4.36. The summed E-state index contributed by atoms with van der Waals surface area (Å²) < 4.78 is 4.74. The van der Waals surface area contributed by atoms with Gasteiger partial charge in [0.2, 0.25) is 0 Å². The van der Waals surface area contributed by atoms with E-state index in [1.54, 1.807) is 23.5 Å². The Kier molecular flexibility index (Phi) is 3.34. The minimum atomic E-state index is -0.818. The van der Waals surface area contributed by atoms with Crippen LogP contribution in [0.1, 0.15) is 11.9 Å². The van der Waals surface area contributed by atoms with Crippen molar-refractivity contribution >= 4 is 17.4 Å². The van der Waals surface area contributed by atoms with Crippen molar-refractivity contribution < 1.29 is 9.53 Å². The summed E-state index contributed by atoms with van der Waals surface area (Å²) in [5, 5.41) is 9.98. The molecule has 0 aliphatic carbocycles. The highest BCUT2D eigenvalue weighted by Crippen LogP contribution is 2.25. The summed E-state index contributed by atoms with van der Waals surface area (Å²) in [4.78, 5) is 10.5. The Hall–Kier alpha value is -1.95. The Morgan fingerprint density at radius 3 is 2.59 bits per heavy atom. The lowest BCUT2D eigenvalue weighted by atomic mass is 10.2. The maximum atomic E-state index is 10.5. The molecule has 0 aliphatic heterocycles. The lowest BCUT2D eigenvalue weighted by molar-refractivity contribution is 0.211. The molecule has 0 aliphatic rings. The molecular formula is C11H11N3O2S. The number of benzene rings is 1. The van der Waals surface area contributed by atoms with E-state index in [1.165, 1.54) is 0 Å². The van der Waals surface area contributed by atoms with Gasteiger partial charge < -0.3 is 10.5 Å². The summed E-state index contributed by atoms with van der Waals surface area (Å²) in [6.07, 6.45) is 0.0579. The van der Waals surface area contributed by atoms with Crippen molar-refractivity contribution in [1.82, 2.24) is 10.2 Å². The average molecular weight is 249 g/mol. The number of hydrogen-bond donors (Lipinski definition) is 1. The van der Waals surface area contributed by atoms with Crippen LogP contribution in [-0.4, -0.2) is 16.3 Å². The fourth-order valence-electron chi connectivity index (χ4n) is 1.29. The highest BCUT2D eigenvalue weighted by Gasteiger charge is 2.06. The van der Waals surface area contributed by atoms with Crippen LogP contribution in [0.2, 0.25) is 0 Å². The number of aromatic nitrogens is 2. The normalized spacial score (nSPS) is 10.2. The number of amides is 1. The zero-order chi connectivity index (χ0) is 12.3. The van der Waals surface area contributed by atoms with Gasteiger partial charge in [0.25, 0.3) is 0 Å². The summed E-state index contributed by atoms with van der Waals surface area (Å²) in [5.74, 6) is 0.418. The third kappa shape index (κ3) is 2.79. The molecule has 17 heavy (non-hydrogen) atoms. The van der Waals surface area contributed by atoms with Crippen LogP contribution < -0.4 is 10.5 Å². The highest BCUT2D eigenvalue weighted by atomic mass is 32.1. The van der Waals surface area contributed by atoms with E-state index in [-0.39, 0.29) is 0 Å². The second kappa shape index (κ2) is 4.92. The first-order chi connectivity index (χ1) is 8.19. The molecule has 0 radical (unpaired) electrons. The first kappa shape index (κ1) is 11.5. The number of hydrogen-bond acceptors (Lipinski definition) is 5. The van der Waals surface area contributed by atoms with Gasteiger partial charge in [-0.2, -0.15) is 0 Å². The van der Waals surface area contributed by atoms with Crippen molar-refractivity contribution in [3.8, 4) is 16.3 Å². The molecule has 5 nitrogen and oxygen atoms in total. The van der Waals surface area contributed by atoms with Crippen LogP contribution in [0, 0.1) is 0 Å². The number of aryl methyl sites for hydroxylation is 1. The molecule has 1 aromatic heterocycles. The zero-order valence-electron chi connectivity index (χ0n) is 9.21. The minimum Gasteiger partial charge on any atom is -0.411 e. The topological polar surface area (TPSA) is 78.1 Å². The van der Waals surface area contributed by atoms with Crippen LogP contribution in [0.5, 0.6) is 5.75 Å². The number of rotatable bonds is 3. The Balaban J connectivity index is 2.19. The fourth-order valence-corrected chi connectivity index (χ4v) is 2.08. The van der Waals surface area contributed by atoms with Crippen molar-refractivity contribution in [2.75, 3.05) is 0 Å². The molecule has 88 valence electrons. The largest absolute Gasteiger partial charge is 0.411 e. The van der Waals surface area contributed by atoms with Crippen LogP contribution in [0.3, 0.4) is 0 Å². The van der Waals surface area contributed by atoms with Gasteiger partial charge in [0.15, 0.2) is 0 Å². The number of carbonyl (C=O) groups is 1. The van der Waals surface area contributed by atoms with Crippen LogP contribution >= 0.6 is 11.3 Å². The van der Waals surface area contributed by atoms with Gasteiger partial charge in [-0.1, -0.05) is 18.3 Å². The van der Waals surface area contributed by atoms with Crippen molar-refractivity contribution in [3.05, 3.63) is 29.3 Å². The monoisotopic (exact) mass is 249 g/mol. The first-order valence-corrected chi connectivity index (χ1v) is 5.91. The Morgan fingerprint density at radius 1 is 1.35 bits per heavy atom. The Bertz CT molecular complexity index is 522. The van der Waals surface area contributed by atoms with E-state index in [0.29, 0.717) is 5.75 Å². The number of carbonyl (C=O) groups excluding carboxylic acids is 1. The molecule has 0 saturated carbocycles. The summed E-state index contributed by atoms with van der Waals surface area (Å²) in [7, 11) is 0. The van der Waals surface area contributed by atoms with Gasteiger partial charge in [-0.25, -0.2) is 4.79 Å². The Labute approximate surface area is 102 Å². The molecule has 2 rings (SSSR count). The predicted molar refractivity (Wildman–Crippen MR) is 64.9 cm³/mol. The molecule has 2 aromatic rings. The van der Waals surface area contributed by atoms with Crippen molar-refractivity contribution in [1.29, 1.82) is 0 Å². The molecule has 0 bridgehead atoms. The van der Waals surface area contributed by atoms with Gasteiger partial charge in [0, 0.05) is 5.56 Å². The number of ether oxygens (including phenoxy) is 1. The zero-order valence-corrected chi connectivity index (χ0v) is 10.0. The van der Waals surface area contributed by atoms with Gasteiger partial charge in [-0.3, -0.25) is 0 Å². The van der Waals surface area contributed by atoms with Crippen molar-refractivity contribution in [2.45, 2.75) is 13.3 Å². The molecule has 0 atom stereocenters. The molecule has 1 aromatic carbocycles. The van der Waals surface area contributed by atoms with E-state index >= 15 is 0 Å². The molecule has 2 N–H and O–H groups in total. The third-order valence-corrected chi connectivity index (χ3v) is 3.21. The van der Waals surface area contributed by atoms with Gasteiger partial charge in [0.1, 0.15) is 15.8 Å². The molecule has 1 heterocycles. The lowest BCUT2D eigenvalue weighted by Crippen LogP contribution is -2.16. The summed E-state index contributed by atoms with van der Waals surface area (Å²) in [6.45, 7) is 2.04. The smallest absolute Gasteiger partial charge is 0.409 e. The fraction of sp³-hybridized carbons (Fsp3) is 0.182. The standard InChI is InChI=1S/C11H11N3O2S/c1-2-9-13-14-10(17-9)7-3-5-8(6-4-7)16-11(12)15/h3-6H,2H2,1H3,(H2,12,15). The van der Waals surface area contributed by atoms with E-state index in [2.05, 4.69) is 10.2 Å². The molecule has 0 fully saturated rings. The van der Waals surface area contributed by atoms with Crippen molar-refractivity contribution in [3.63, 3.8) is 0 Å². The van der Waals surface area contributed by atoms with E-state index in [0.717, 1.165) is 22.0 Å². The average Bonchev–Trinajstić information content (AvgIpc) is 2.78. The van der Waals surface area contributed by atoms with Crippen LogP contribution in [0.25, 0.3) is 10.6 Å². The van der Waals surface area contributed by atoms with Crippen LogP contribution in [0.4, 0.5) is 4.79 Å². The maximum Gasteiger partial charge on any atom is 0.409 e. The van der Waals surface area contributed by atoms with E-state index in [4.69, 9.17) is 10.5 Å². The summed E-state index contributed by atoms with van der Waals surface area (Å²) in [5.41, 5.74) is 5.86. The van der Waals surface area contributed by atoms with Gasteiger partial charge in [-0.05, 0) is 30.7 Å². The lowest BCUT2D eigenvalue weighted by Gasteiger charge is -2.00. The number of nitrogens with two attached hydrogens (primary N) is 1. The van der Waals surface area contributed by atoms with Gasteiger partial charge >= 0.3 is 6.09 Å². The third-order valence-electron chi connectivity index (χ3n) is 2.09. The van der Waals surface area contributed by atoms with Crippen LogP contribution in [0.15, 0.2) is 24.3 Å². The van der Waals surface area contributed by atoms with E-state index in [1.807, 2.05) is 19.1 Å². The molecule has 0 spiro atoms. The van der Waals surface area contributed by atoms with E-state index < -0.39 is 6.09 Å². The summed E-state index contributed by atoms with van der Waals surface area (Å²) >= 11 is 1.55. The predicted octanol–water partition coefficient (Wildman–Crippen LogP) is 2.23. The van der Waals surface area contributed by atoms with E-state index in [9.17, 15) is 4.79 Å². The summed E-state index contributed by atoms with van der Waals surface area (Å²) in [6, 6.07) is 6.98. The first-order valence-electron chi connectivity index (χ1n) is 5.09. The molecule has 0 saturated heterocycles. The van der Waals surface area contributed by atoms with Crippen molar-refractivity contribution in [2.24, 2.45) is 5.73 Å². The molecule has 1 amide bonds. The SMILES string of the molecule is CCc1nnc(-c2ccc(OC(N)=O)cc2)s1. The number of nitrogens with zero attached hydrogens (tertiary/aromatic N) is 2. The van der Waals surface area contributed by atoms with Gasteiger partial charge in [0.05, 0.1) is 0 Å². The molecular weight excluding hydrogens is 238 g/mol. The Morgan fingerprint density at radius 2 is 2.06 bits per heavy atom. The minimum absolute atomic E-state index is 0.418. The molecule has 6 heteroatoms. The quantitative estimate of drug-likeness (QED) is 0.904. The van der Waals surface area contributed by atoms with Crippen LogP contribution in [-0.2, 0) is 6.42 Å². The molecule has 0 unspecified atom stereocenters. The van der Waals surface area contributed by atoms with Gasteiger partial charge in [-0.15, -0.1) is 10.2 Å².